The number of nitrogens with zero attached hydrogens (tertiary/aromatic N) is 3. The summed E-state index contributed by atoms with van der Waals surface area (Å²) in [5.74, 6) is 0.196. The summed E-state index contributed by atoms with van der Waals surface area (Å²) in [7, 11) is -3.40. The van der Waals surface area contributed by atoms with E-state index in [4.69, 9.17) is 4.74 Å². The van der Waals surface area contributed by atoms with E-state index in [1.54, 1.807) is 11.3 Å². The van der Waals surface area contributed by atoms with Crippen LogP contribution in [0.5, 0.6) is 0 Å². The first-order chi connectivity index (χ1) is 12.0. The van der Waals surface area contributed by atoms with Gasteiger partial charge in [-0.1, -0.05) is 0 Å². The molecule has 1 aromatic heterocycles. The molecule has 0 saturated carbocycles. The number of ether oxygens (including phenoxy) is 1. The Morgan fingerprint density at radius 1 is 1.42 bits per heavy atom. The van der Waals surface area contributed by atoms with Gasteiger partial charge in [-0.25, -0.2) is 13.4 Å². The summed E-state index contributed by atoms with van der Waals surface area (Å²) < 4.78 is 67.4. The van der Waals surface area contributed by atoms with Crippen molar-refractivity contribution in [3.63, 3.8) is 0 Å². The molecular weight excluding hydrogens is 391 g/mol. The molecular formula is C15H22F3N3O3S2. The molecule has 0 aromatic carbocycles. The van der Waals surface area contributed by atoms with Crippen LogP contribution in [0.3, 0.4) is 0 Å². The zero-order valence-electron chi connectivity index (χ0n) is 14.6. The van der Waals surface area contributed by atoms with E-state index >= 15 is 0 Å². The van der Waals surface area contributed by atoms with Crippen molar-refractivity contribution in [1.82, 2.24) is 14.2 Å². The van der Waals surface area contributed by atoms with Crippen LogP contribution in [0.1, 0.15) is 23.5 Å². The minimum atomic E-state index is -5.24. The monoisotopic (exact) mass is 413 g/mol. The maximum atomic E-state index is 12.7. The highest BCUT2D eigenvalue weighted by Crippen LogP contribution is 2.42. The van der Waals surface area contributed by atoms with Gasteiger partial charge in [0.05, 0.1) is 23.9 Å². The molecule has 1 aromatic rings. The van der Waals surface area contributed by atoms with E-state index in [1.165, 1.54) is 0 Å². The van der Waals surface area contributed by atoms with Gasteiger partial charge in [-0.2, -0.15) is 17.5 Å². The van der Waals surface area contributed by atoms with Crippen LogP contribution in [0.2, 0.25) is 0 Å². The van der Waals surface area contributed by atoms with Gasteiger partial charge in [0.25, 0.3) is 0 Å². The molecule has 2 aliphatic heterocycles. The fourth-order valence-electron chi connectivity index (χ4n) is 3.65. The van der Waals surface area contributed by atoms with Gasteiger partial charge in [0, 0.05) is 24.0 Å². The van der Waals surface area contributed by atoms with Crippen LogP contribution in [0.4, 0.5) is 13.2 Å². The molecule has 26 heavy (non-hydrogen) atoms. The SMILES string of the molecule is Cc1nc(COCC2CCN(C)C3(C2)CN(S(=O)(=O)C(F)(F)F)C3)cs1. The summed E-state index contributed by atoms with van der Waals surface area (Å²) in [4.78, 5) is 6.31. The van der Waals surface area contributed by atoms with Crippen molar-refractivity contribution in [2.75, 3.05) is 33.3 Å². The molecule has 2 fully saturated rings. The van der Waals surface area contributed by atoms with Gasteiger partial charge in [-0.15, -0.1) is 11.3 Å². The molecule has 6 nitrogen and oxygen atoms in total. The van der Waals surface area contributed by atoms with Crippen LogP contribution < -0.4 is 0 Å². The number of sulfonamides is 1. The first-order valence-electron chi connectivity index (χ1n) is 8.30. The van der Waals surface area contributed by atoms with E-state index in [9.17, 15) is 21.6 Å². The molecule has 0 amide bonds. The molecule has 2 saturated heterocycles. The molecule has 0 radical (unpaired) electrons. The summed E-state index contributed by atoms with van der Waals surface area (Å²) >= 11 is 1.56. The highest BCUT2D eigenvalue weighted by molar-refractivity contribution is 7.90. The number of likely N-dealkylation sites (tertiary alicyclic amines) is 1. The zero-order chi connectivity index (χ0) is 19.2. The van der Waals surface area contributed by atoms with Gasteiger partial charge in [0.15, 0.2) is 0 Å². The smallest absolute Gasteiger partial charge is 0.375 e. The average molecular weight is 413 g/mol. The summed E-state index contributed by atoms with van der Waals surface area (Å²) in [6.45, 7) is 3.31. The number of likely N-dealkylation sites (N-methyl/N-ethyl adjacent to an activating group) is 1. The topological polar surface area (TPSA) is 62.7 Å². The maximum absolute atomic E-state index is 12.7. The first kappa shape index (κ1) is 20.0. The van der Waals surface area contributed by atoms with Gasteiger partial charge in [-0.05, 0) is 39.3 Å². The number of alkyl halides is 3. The molecule has 1 spiro atoms. The second kappa shape index (κ2) is 7.01. The molecule has 2 aliphatic rings. The van der Waals surface area contributed by atoms with Crippen LogP contribution in [-0.2, 0) is 21.4 Å². The second-order valence-corrected chi connectivity index (χ2v) is 10.1. The maximum Gasteiger partial charge on any atom is 0.511 e. The van der Waals surface area contributed by atoms with E-state index < -0.39 is 21.1 Å². The minimum Gasteiger partial charge on any atom is -0.375 e. The van der Waals surface area contributed by atoms with Crippen molar-refractivity contribution in [3.8, 4) is 0 Å². The standard InChI is InChI=1S/C15H22F3N3O3S2/c1-11-19-13(8-25-11)7-24-6-12-3-4-20(2)14(5-12)9-21(10-14)26(22,23)15(16,17)18/h8,12H,3-7,9-10H2,1-2H3. The third kappa shape index (κ3) is 3.77. The number of halogens is 3. The lowest BCUT2D eigenvalue weighted by Gasteiger charge is -2.57. The Kier molecular flexibility index (Phi) is 5.39. The fourth-order valence-corrected chi connectivity index (χ4v) is 5.36. The third-order valence-electron chi connectivity index (χ3n) is 5.19. The number of hydrogen-bond donors (Lipinski definition) is 0. The molecule has 148 valence electrons. The number of piperidine rings is 1. The van der Waals surface area contributed by atoms with E-state index in [1.807, 2.05) is 24.3 Å². The third-order valence-corrected chi connectivity index (χ3v) is 7.54. The predicted octanol–water partition coefficient (Wildman–Crippen LogP) is 2.21. The Morgan fingerprint density at radius 2 is 2.12 bits per heavy atom. The van der Waals surface area contributed by atoms with Crippen molar-refractivity contribution in [2.24, 2.45) is 5.92 Å². The Balaban J connectivity index is 1.54. The van der Waals surface area contributed by atoms with Gasteiger partial charge in [-0.3, -0.25) is 4.90 Å². The van der Waals surface area contributed by atoms with Crippen LogP contribution in [0.25, 0.3) is 0 Å². The lowest BCUT2D eigenvalue weighted by molar-refractivity contribution is -0.0804. The van der Waals surface area contributed by atoms with Gasteiger partial charge in [0.1, 0.15) is 0 Å². The van der Waals surface area contributed by atoms with Crippen LogP contribution in [0, 0.1) is 12.8 Å². The molecule has 0 aliphatic carbocycles. The van der Waals surface area contributed by atoms with E-state index in [0.29, 0.717) is 30.5 Å². The van der Waals surface area contributed by atoms with Crippen molar-refractivity contribution < 1.29 is 26.3 Å². The Morgan fingerprint density at radius 3 is 2.69 bits per heavy atom. The molecule has 1 atom stereocenters. The highest BCUT2D eigenvalue weighted by Gasteiger charge is 2.60. The second-order valence-electron chi connectivity index (χ2n) is 7.10. The normalized spacial score (nSPS) is 24.7. The minimum absolute atomic E-state index is 0.118. The summed E-state index contributed by atoms with van der Waals surface area (Å²) in [6.07, 6.45) is 1.50. The Labute approximate surface area is 155 Å². The summed E-state index contributed by atoms with van der Waals surface area (Å²) in [5, 5.41) is 2.92. The van der Waals surface area contributed by atoms with Crippen molar-refractivity contribution in [1.29, 1.82) is 0 Å². The Bertz CT molecular complexity index is 745. The fraction of sp³-hybridized carbons (Fsp3) is 0.800. The summed E-state index contributed by atoms with van der Waals surface area (Å²) in [5.41, 5.74) is -4.89. The highest BCUT2D eigenvalue weighted by atomic mass is 32.2. The first-order valence-corrected chi connectivity index (χ1v) is 10.6. The molecule has 3 rings (SSSR count). The lowest BCUT2D eigenvalue weighted by Crippen LogP contribution is -2.73. The molecule has 0 N–H and O–H groups in total. The molecule has 1 unspecified atom stereocenters. The Hall–Kier alpha value is -0.750. The number of thiazole rings is 1. The van der Waals surface area contributed by atoms with Crippen LogP contribution >= 0.6 is 11.3 Å². The average Bonchev–Trinajstić information content (AvgIpc) is 2.91. The molecule has 0 bridgehead atoms. The van der Waals surface area contributed by atoms with Gasteiger partial charge < -0.3 is 4.74 Å². The van der Waals surface area contributed by atoms with Crippen molar-refractivity contribution in [3.05, 3.63) is 16.1 Å². The number of rotatable bonds is 5. The largest absolute Gasteiger partial charge is 0.511 e. The number of hydrogen-bond acceptors (Lipinski definition) is 6. The van der Waals surface area contributed by atoms with Gasteiger partial charge in [0.2, 0.25) is 0 Å². The van der Waals surface area contributed by atoms with Crippen LogP contribution in [0.15, 0.2) is 5.38 Å². The number of aryl methyl sites for hydroxylation is 1. The molecule has 3 heterocycles. The quantitative estimate of drug-likeness (QED) is 0.741. The van der Waals surface area contributed by atoms with Crippen molar-refractivity contribution in [2.45, 2.75) is 37.4 Å². The van der Waals surface area contributed by atoms with Gasteiger partial charge >= 0.3 is 15.5 Å². The van der Waals surface area contributed by atoms with E-state index in [0.717, 1.165) is 17.1 Å². The van der Waals surface area contributed by atoms with E-state index in [-0.39, 0.29) is 19.0 Å². The van der Waals surface area contributed by atoms with Crippen LogP contribution in [-0.4, -0.2) is 66.9 Å². The predicted molar refractivity (Wildman–Crippen MR) is 91.1 cm³/mol. The summed E-state index contributed by atoms with van der Waals surface area (Å²) in [6, 6.07) is 0. The van der Waals surface area contributed by atoms with Crippen molar-refractivity contribution >= 4 is 21.4 Å². The lowest BCUT2D eigenvalue weighted by atomic mass is 9.77. The molecule has 11 heteroatoms. The zero-order valence-corrected chi connectivity index (χ0v) is 16.3. The number of aromatic nitrogens is 1. The van der Waals surface area contributed by atoms with E-state index in [2.05, 4.69) is 4.98 Å².